The van der Waals surface area contributed by atoms with Gasteiger partial charge in [0.05, 0.1) is 0 Å². The molecule has 1 N–H and O–H groups in total. The normalized spacial score (nSPS) is 18.7. The second-order valence-electron chi connectivity index (χ2n) is 4.53. The van der Waals surface area contributed by atoms with E-state index in [0.29, 0.717) is 6.01 Å². The van der Waals surface area contributed by atoms with Crippen LogP contribution in [0.3, 0.4) is 0 Å². The molecule has 1 aliphatic rings. The van der Waals surface area contributed by atoms with Gasteiger partial charge in [0.1, 0.15) is 5.52 Å². The first-order chi connectivity index (χ1) is 7.25. The van der Waals surface area contributed by atoms with Crippen molar-refractivity contribution < 1.29 is 4.42 Å². The van der Waals surface area contributed by atoms with Gasteiger partial charge >= 0.3 is 0 Å². The molecule has 0 amide bonds. The maximum Gasteiger partial charge on any atom is 0.296 e. The lowest BCUT2D eigenvalue weighted by molar-refractivity contribution is 0.299. The van der Waals surface area contributed by atoms with Gasteiger partial charge < -0.3 is 9.73 Å². The molecule has 2 aromatic rings. The summed E-state index contributed by atoms with van der Waals surface area (Å²) in [6.07, 6.45) is 3.70. The summed E-state index contributed by atoms with van der Waals surface area (Å²) in [7, 11) is 0. The molecule has 3 heteroatoms. The average molecular weight is 202 g/mol. The highest BCUT2D eigenvalue weighted by atomic mass is 16.4. The van der Waals surface area contributed by atoms with Crippen LogP contribution in [0.25, 0.3) is 11.1 Å². The van der Waals surface area contributed by atoms with Gasteiger partial charge in [0.15, 0.2) is 5.58 Å². The molecule has 0 bridgehead atoms. The van der Waals surface area contributed by atoms with Crippen molar-refractivity contribution in [2.24, 2.45) is 0 Å². The molecule has 15 heavy (non-hydrogen) atoms. The number of oxazole rings is 1. The van der Waals surface area contributed by atoms with Gasteiger partial charge in [0.25, 0.3) is 6.01 Å². The predicted molar refractivity (Wildman–Crippen MR) is 59.9 cm³/mol. The summed E-state index contributed by atoms with van der Waals surface area (Å²) in [5.74, 6) is 0. The molecule has 0 spiro atoms. The number of aromatic nitrogens is 1. The molecule has 1 fully saturated rings. The van der Waals surface area contributed by atoms with Crippen molar-refractivity contribution in [2.75, 3.05) is 5.32 Å². The molecule has 3 rings (SSSR count). The molecule has 1 aliphatic carbocycles. The lowest BCUT2D eigenvalue weighted by Gasteiger charge is -2.38. The molecule has 78 valence electrons. The van der Waals surface area contributed by atoms with Crippen molar-refractivity contribution in [3.05, 3.63) is 24.3 Å². The number of rotatable bonds is 2. The van der Waals surface area contributed by atoms with Crippen LogP contribution in [0.1, 0.15) is 26.2 Å². The average Bonchev–Trinajstić information content (AvgIpc) is 2.57. The number of benzene rings is 1. The molecule has 0 atom stereocenters. The Hall–Kier alpha value is -1.51. The number of nitrogens with zero attached hydrogens (tertiary/aromatic N) is 1. The zero-order valence-electron chi connectivity index (χ0n) is 8.79. The molecule has 0 unspecified atom stereocenters. The highest BCUT2D eigenvalue weighted by molar-refractivity contribution is 5.74. The van der Waals surface area contributed by atoms with Crippen molar-refractivity contribution in [3.8, 4) is 0 Å². The van der Waals surface area contributed by atoms with Crippen molar-refractivity contribution in [1.82, 2.24) is 4.98 Å². The van der Waals surface area contributed by atoms with Crippen molar-refractivity contribution in [1.29, 1.82) is 0 Å². The summed E-state index contributed by atoms with van der Waals surface area (Å²) in [6, 6.07) is 8.49. The molecular formula is C12H14N2O. The maximum atomic E-state index is 5.62. The van der Waals surface area contributed by atoms with Gasteiger partial charge in [0, 0.05) is 5.54 Å². The zero-order valence-corrected chi connectivity index (χ0v) is 8.79. The Balaban J connectivity index is 1.91. The van der Waals surface area contributed by atoms with Crippen LogP contribution < -0.4 is 5.32 Å². The lowest BCUT2D eigenvalue weighted by atomic mass is 9.79. The fourth-order valence-electron chi connectivity index (χ4n) is 2.02. The summed E-state index contributed by atoms with van der Waals surface area (Å²) >= 11 is 0. The SMILES string of the molecule is CC1(Nc2nc3ccccc3o2)CCC1. The monoisotopic (exact) mass is 202 g/mol. The van der Waals surface area contributed by atoms with Gasteiger partial charge in [-0.25, -0.2) is 0 Å². The maximum absolute atomic E-state index is 5.62. The van der Waals surface area contributed by atoms with E-state index in [4.69, 9.17) is 4.42 Å². The highest BCUT2D eigenvalue weighted by Gasteiger charge is 2.32. The van der Waals surface area contributed by atoms with Crippen molar-refractivity contribution in [3.63, 3.8) is 0 Å². The smallest absolute Gasteiger partial charge is 0.296 e. The Bertz CT molecular complexity index is 452. The quantitative estimate of drug-likeness (QED) is 0.812. The van der Waals surface area contributed by atoms with Gasteiger partial charge in [-0.2, -0.15) is 4.98 Å². The number of para-hydroxylation sites is 2. The minimum Gasteiger partial charge on any atom is -0.424 e. The van der Waals surface area contributed by atoms with E-state index < -0.39 is 0 Å². The fourth-order valence-corrected chi connectivity index (χ4v) is 2.02. The van der Waals surface area contributed by atoms with Crippen LogP contribution in [0.4, 0.5) is 6.01 Å². The molecule has 1 aromatic carbocycles. The summed E-state index contributed by atoms with van der Waals surface area (Å²) in [5.41, 5.74) is 1.96. The molecule has 1 heterocycles. The fraction of sp³-hybridized carbons (Fsp3) is 0.417. The topological polar surface area (TPSA) is 38.1 Å². The molecule has 0 aliphatic heterocycles. The van der Waals surface area contributed by atoms with Crippen LogP contribution in [0, 0.1) is 0 Å². The summed E-state index contributed by atoms with van der Waals surface area (Å²) < 4.78 is 5.62. The van der Waals surface area contributed by atoms with Gasteiger partial charge in [-0.15, -0.1) is 0 Å². The van der Waals surface area contributed by atoms with Gasteiger partial charge in [-0.05, 0) is 38.3 Å². The minimum absolute atomic E-state index is 0.195. The Morgan fingerprint density at radius 1 is 1.33 bits per heavy atom. The number of nitrogens with one attached hydrogen (secondary N) is 1. The lowest BCUT2D eigenvalue weighted by Crippen LogP contribution is -2.41. The second kappa shape index (κ2) is 2.99. The third kappa shape index (κ3) is 1.48. The third-order valence-electron chi connectivity index (χ3n) is 3.16. The Labute approximate surface area is 88.5 Å². The Morgan fingerprint density at radius 3 is 2.80 bits per heavy atom. The first-order valence-corrected chi connectivity index (χ1v) is 5.39. The molecule has 0 radical (unpaired) electrons. The molecule has 1 saturated carbocycles. The molecular weight excluding hydrogens is 188 g/mol. The van der Waals surface area contributed by atoms with E-state index in [1.807, 2.05) is 24.3 Å². The van der Waals surface area contributed by atoms with Crippen LogP contribution in [0.15, 0.2) is 28.7 Å². The van der Waals surface area contributed by atoms with Gasteiger partial charge in [0.2, 0.25) is 0 Å². The summed E-state index contributed by atoms with van der Waals surface area (Å²) in [5, 5.41) is 3.37. The van der Waals surface area contributed by atoms with E-state index in [2.05, 4.69) is 17.2 Å². The third-order valence-corrected chi connectivity index (χ3v) is 3.16. The van der Waals surface area contributed by atoms with E-state index in [0.717, 1.165) is 11.1 Å². The molecule has 1 aromatic heterocycles. The van der Waals surface area contributed by atoms with E-state index in [-0.39, 0.29) is 5.54 Å². The van der Waals surface area contributed by atoms with E-state index in [1.54, 1.807) is 0 Å². The Kier molecular flexibility index (Phi) is 1.75. The van der Waals surface area contributed by atoms with Crippen molar-refractivity contribution in [2.45, 2.75) is 31.7 Å². The van der Waals surface area contributed by atoms with E-state index in [1.165, 1.54) is 19.3 Å². The summed E-state index contributed by atoms with van der Waals surface area (Å²) in [6.45, 7) is 2.21. The van der Waals surface area contributed by atoms with Crippen LogP contribution in [0.2, 0.25) is 0 Å². The largest absolute Gasteiger partial charge is 0.424 e. The zero-order chi connectivity index (χ0) is 10.3. The minimum atomic E-state index is 0.195. The van der Waals surface area contributed by atoms with Crippen LogP contribution in [-0.4, -0.2) is 10.5 Å². The van der Waals surface area contributed by atoms with E-state index in [9.17, 15) is 0 Å². The van der Waals surface area contributed by atoms with Crippen LogP contribution >= 0.6 is 0 Å². The summed E-state index contributed by atoms with van der Waals surface area (Å²) in [4.78, 5) is 4.40. The number of fused-ring (bicyclic) bond motifs is 1. The first-order valence-electron chi connectivity index (χ1n) is 5.39. The molecule has 0 saturated heterocycles. The standard InChI is InChI=1S/C12H14N2O/c1-12(7-4-8-12)14-11-13-9-5-2-3-6-10(9)15-11/h2-3,5-6H,4,7-8H2,1H3,(H,13,14). The van der Waals surface area contributed by atoms with Gasteiger partial charge in [-0.3, -0.25) is 0 Å². The van der Waals surface area contributed by atoms with Crippen molar-refractivity contribution >= 4 is 17.1 Å². The first kappa shape index (κ1) is 8.77. The van der Waals surface area contributed by atoms with E-state index >= 15 is 0 Å². The second-order valence-corrected chi connectivity index (χ2v) is 4.53. The van der Waals surface area contributed by atoms with Crippen LogP contribution in [-0.2, 0) is 0 Å². The molecule has 3 nitrogen and oxygen atoms in total. The number of hydrogen-bond donors (Lipinski definition) is 1. The number of hydrogen-bond acceptors (Lipinski definition) is 3. The Morgan fingerprint density at radius 2 is 2.13 bits per heavy atom. The highest BCUT2D eigenvalue weighted by Crippen LogP contribution is 2.34. The van der Waals surface area contributed by atoms with Gasteiger partial charge in [-0.1, -0.05) is 12.1 Å². The number of anilines is 1. The van der Waals surface area contributed by atoms with Crippen LogP contribution in [0.5, 0.6) is 0 Å². The predicted octanol–water partition coefficient (Wildman–Crippen LogP) is 3.18.